The summed E-state index contributed by atoms with van der Waals surface area (Å²) in [5.74, 6) is -0.0304. The minimum atomic E-state index is -3.85. The highest BCUT2D eigenvalue weighted by molar-refractivity contribution is 7.92. The molecule has 3 aromatic rings. The van der Waals surface area contributed by atoms with Crippen LogP contribution in [0.5, 0.6) is 5.75 Å². The van der Waals surface area contributed by atoms with Crippen molar-refractivity contribution in [3.05, 3.63) is 95.0 Å². The molecule has 3 aromatic carbocycles. The number of halogens is 1. The van der Waals surface area contributed by atoms with E-state index < -0.39 is 28.5 Å². The van der Waals surface area contributed by atoms with Gasteiger partial charge < -0.3 is 15.0 Å². The fraction of sp³-hybridized carbons (Fsp3) is 0.333. The van der Waals surface area contributed by atoms with Crippen molar-refractivity contribution in [2.75, 3.05) is 30.8 Å². The molecule has 2 amide bonds. The zero-order valence-electron chi connectivity index (χ0n) is 23.2. The summed E-state index contributed by atoms with van der Waals surface area (Å²) in [5, 5.41) is 3.40. The Hall–Kier alpha value is -3.56. The molecule has 214 valence electrons. The van der Waals surface area contributed by atoms with Crippen molar-refractivity contribution in [1.29, 1.82) is 0 Å². The van der Waals surface area contributed by atoms with Crippen molar-refractivity contribution >= 4 is 39.1 Å². The Bertz CT molecular complexity index is 1380. The first-order valence-corrected chi connectivity index (χ1v) is 15.2. The second-order valence-electron chi connectivity index (χ2n) is 9.96. The van der Waals surface area contributed by atoms with Crippen LogP contribution in [-0.4, -0.2) is 57.6 Å². The highest BCUT2D eigenvalue weighted by Crippen LogP contribution is 2.23. The summed E-state index contributed by atoms with van der Waals surface area (Å²) in [4.78, 5) is 29.1. The molecule has 1 atom stereocenters. The van der Waals surface area contributed by atoms with E-state index in [1.54, 1.807) is 49.6 Å². The number of benzene rings is 3. The summed E-state index contributed by atoms with van der Waals surface area (Å²) in [6.45, 7) is 3.99. The van der Waals surface area contributed by atoms with Crippen LogP contribution in [-0.2, 0) is 32.6 Å². The van der Waals surface area contributed by atoms with Crippen molar-refractivity contribution in [2.24, 2.45) is 5.92 Å². The molecule has 0 bridgehead atoms. The van der Waals surface area contributed by atoms with Crippen LogP contribution in [0.3, 0.4) is 0 Å². The van der Waals surface area contributed by atoms with Gasteiger partial charge in [-0.3, -0.25) is 13.9 Å². The van der Waals surface area contributed by atoms with Crippen molar-refractivity contribution in [2.45, 2.75) is 32.9 Å². The maximum Gasteiger partial charge on any atom is 0.244 e. The van der Waals surface area contributed by atoms with E-state index in [0.29, 0.717) is 23.0 Å². The standard InChI is InChI=1S/C30H36ClN3O5S/c1-22(2)19-32-30(36)28(18-23-9-6-5-7-10-23)33(20-24-11-8-12-27(17-24)39-3)29(35)21-34(40(4,37)38)26-15-13-25(31)14-16-26/h5-17,22,28H,18-21H2,1-4H3,(H,32,36)/t28-/m1/s1. The molecule has 0 aromatic heterocycles. The number of nitrogens with one attached hydrogen (secondary N) is 1. The highest BCUT2D eigenvalue weighted by Gasteiger charge is 2.33. The SMILES string of the molecule is COc1cccc(CN(C(=O)CN(c2ccc(Cl)cc2)S(C)(=O)=O)[C@H](Cc2ccccc2)C(=O)NCC(C)C)c1. The second kappa shape index (κ2) is 14.2. The molecular weight excluding hydrogens is 550 g/mol. The van der Waals surface area contributed by atoms with Crippen LogP contribution in [0.4, 0.5) is 5.69 Å². The second-order valence-corrected chi connectivity index (χ2v) is 12.3. The van der Waals surface area contributed by atoms with Gasteiger partial charge in [0.15, 0.2) is 0 Å². The van der Waals surface area contributed by atoms with Gasteiger partial charge in [0.1, 0.15) is 18.3 Å². The average Bonchev–Trinajstić information content (AvgIpc) is 2.92. The number of hydrogen-bond donors (Lipinski definition) is 1. The first-order chi connectivity index (χ1) is 19.0. The number of nitrogens with zero attached hydrogens (tertiary/aromatic N) is 2. The van der Waals surface area contributed by atoms with Gasteiger partial charge >= 0.3 is 0 Å². The first-order valence-electron chi connectivity index (χ1n) is 12.9. The Morgan fingerprint density at radius 1 is 0.950 bits per heavy atom. The number of carbonyl (C=O) groups is 2. The molecule has 0 radical (unpaired) electrons. The van der Waals surface area contributed by atoms with Crippen LogP contribution in [0.2, 0.25) is 5.02 Å². The van der Waals surface area contributed by atoms with Gasteiger partial charge in [0.25, 0.3) is 0 Å². The zero-order valence-corrected chi connectivity index (χ0v) is 24.8. The Labute approximate surface area is 241 Å². The fourth-order valence-electron chi connectivity index (χ4n) is 4.17. The van der Waals surface area contributed by atoms with E-state index in [0.717, 1.165) is 21.7 Å². The van der Waals surface area contributed by atoms with Gasteiger partial charge in [-0.25, -0.2) is 8.42 Å². The molecule has 0 heterocycles. The number of amides is 2. The lowest BCUT2D eigenvalue weighted by Gasteiger charge is -2.33. The Balaban J connectivity index is 2.05. The lowest BCUT2D eigenvalue weighted by molar-refractivity contribution is -0.140. The van der Waals surface area contributed by atoms with Crippen molar-refractivity contribution in [3.8, 4) is 5.75 Å². The predicted molar refractivity (Wildman–Crippen MR) is 159 cm³/mol. The maximum atomic E-state index is 14.1. The lowest BCUT2D eigenvalue weighted by Crippen LogP contribution is -2.53. The average molecular weight is 586 g/mol. The molecule has 0 unspecified atom stereocenters. The van der Waals surface area contributed by atoms with Gasteiger partial charge in [-0.2, -0.15) is 0 Å². The summed E-state index contributed by atoms with van der Waals surface area (Å²) in [6, 6.07) is 21.9. The highest BCUT2D eigenvalue weighted by atomic mass is 35.5. The molecule has 0 aliphatic heterocycles. The molecule has 8 nitrogen and oxygen atoms in total. The third kappa shape index (κ3) is 8.99. The molecule has 3 rings (SSSR count). The summed E-state index contributed by atoms with van der Waals surface area (Å²) >= 11 is 6.01. The van der Waals surface area contributed by atoms with Crippen molar-refractivity contribution in [1.82, 2.24) is 10.2 Å². The smallest absolute Gasteiger partial charge is 0.244 e. The maximum absolute atomic E-state index is 14.1. The molecule has 0 aliphatic rings. The van der Waals surface area contributed by atoms with Gasteiger partial charge in [0.05, 0.1) is 19.1 Å². The van der Waals surface area contributed by atoms with Crippen LogP contribution >= 0.6 is 11.6 Å². The quantitative estimate of drug-likeness (QED) is 0.318. The van der Waals surface area contributed by atoms with Crippen LogP contribution in [0.25, 0.3) is 0 Å². The number of carbonyl (C=O) groups excluding carboxylic acids is 2. The van der Waals surface area contributed by atoms with Crippen molar-refractivity contribution < 1.29 is 22.7 Å². The van der Waals surface area contributed by atoms with Crippen molar-refractivity contribution in [3.63, 3.8) is 0 Å². The zero-order chi connectivity index (χ0) is 29.3. The Kier molecular flexibility index (Phi) is 11.0. The number of anilines is 1. The number of hydrogen-bond acceptors (Lipinski definition) is 5. The Morgan fingerprint density at radius 3 is 2.20 bits per heavy atom. The molecule has 0 aliphatic carbocycles. The lowest BCUT2D eigenvalue weighted by atomic mass is 10.0. The molecule has 0 fully saturated rings. The number of rotatable bonds is 13. The van der Waals surface area contributed by atoms with Gasteiger partial charge in [-0.05, 0) is 53.4 Å². The largest absolute Gasteiger partial charge is 0.497 e. The number of methoxy groups -OCH3 is 1. The van der Waals surface area contributed by atoms with Gasteiger partial charge in [0, 0.05) is 24.5 Å². The van der Waals surface area contributed by atoms with E-state index in [-0.39, 0.29) is 24.8 Å². The van der Waals surface area contributed by atoms with Gasteiger partial charge in [-0.1, -0.05) is 67.9 Å². The molecule has 0 saturated heterocycles. The van der Waals surface area contributed by atoms with Gasteiger partial charge in [-0.15, -0.1) is 0 Å². The van der Waals surface area contributed by atoms with Crippen LogP contribution < -0.4 is 14.4 Å². The minimum Gasteiger partial charge on any atom is -0.497 e. The van der Waals surface area contributed by atoms with Crippen LogP contribution in [0, 0.1) is 5.92 Å². The summed E-state index contributed by atoms with van der Waals surface area (Å²) in [7, 11) is -2.30. The van der Waals surface area contributed by atoms with Crippen LogP contribution in [0.1, 0.15) is 25.0 Å². The third-order valence-electron chi connectivity index (χ3n) is 6.24. The molecular formula is C30H36ClN3O5S. The summed E-state index contributed by atoms with van der Waals surface area (Å²) in [6.07, 6.45) is 1.29. The number of ether oxygens (including phenoxy) is 1. The normalized spacial score (nSPS) is 12.1. The summed E-state index contributed by atoms with van der Waals surface area (Å²) < 4.78 is 32.0. The Morgan fingerprint density at radius 2 is 1.60 bits per heavy atom. The minimum absolute atomic E-state index is 0.0703. The molecule has 40 heavy (non-hydrogen) atoms. The molecule has 0 spiro atoms. The van der Waals surface area contributed by atoms with E-state index in [1.165, 1.54) is 4.90 Å². The third-order valence-corrected chi connectivity index (χ3v) is 7.63. The van der Waals surface area contributed by atoms with Gasteiger partial charge in [0.2, 0.25) is 21.8 Å². The van der Waals surface area contributed by atoms with E-state index >= 15 is 0 Å². The topological polar surface area (TPSA) is 96.0 Å². The number of sulfonamides is 1. The van der Waals surface area contributed by atoms with E-state index in [4.69, 9.17) is 16.3 Å². The predicted octanol–water partition coefficient (Wildman–Crippen LogP) is 4.53. The van der Waals surface area contributed by atoms with E-state index in [2.05, 4.69) is 5.32 Å². The van der Waals surface area contributed by atoms with E-state index in [1.807, 2.05) is 50.2 Å². The molecule has 1 N–H and O–H groups in total. The molecule has 10 heteroatoms. The summed E-state index contributed by atoms with van der Waals surface area (Å²) in [5.41, 5.74) is 1.90. The van der Waals surface area contributed by atoms with E-state index in [9.17, 15) is 18.0 Å². The fourth-order valence-corrected chi connectivity index (χ4v) is 5.14. The molecule has 0 saturated carbocycles. The van der Waals surface area contributed by atoms with Crippen LogP contribution in [0.15, 0.2) is 78.9 Å². The first kappa shape index (κ1) is 31.0. The monoisotopic (exact) mass is 585 g/mol.